The quantitative estimate of drug-likeness (QED) is 0.674. The van der Waals surface area contributed by atoms with Gasteiger partial charge in [0.25, 0.3) is 17.7 Å². The third-order valence-electron chi connectivity index (χ3n) is 5.88. The number of rotatable bonds is 5. The molecule has 1 saturated heterocycles. The molecule has 2 aliphatic rings. The Morgan fingerprint density at radius 1 is 0.812 bits per heavy atom. The van der Waals surface area contributed by atoms with Gasteiger partial charge in [0.15, 0.2) is 0 Å². The zero-order valence-corrected chi connectivity index (χ0v) is 17.6. The number of fused-ring (bicyclic) bond motifs is 1. The smallest absolute Gasteiger partial charge is 0.261 e. The summed E-state index contributed by atoms with van der Waals surface area (Å²) in [5.74, 6) is -1.26. The molecule has 2 heterocycles. The van der Waals surface area contributed by atoms with Crippen LogP contribution in [0.3, 0.4) is 0 Å². The Labute approximate surface area is 185 Å². The largest absolute Gasteiger partial charge is 0.341 e. The highest BCUT2D eigenvalue weighted by molar-refractivity contribution is 6.21. The van der Waals surface area contributed by atoms with Gasteiger partial charge in [0.2, 0.25) is 5.91 Å². The van der Waals surface area contributed by atoms with Crippen molar-refractivity contribution in [3.63, 3.8) is 0 Å². The molecule has 0 bridgehead atoms. The van der Waals surface area contributed by atoms with Gasteiger partial charge >= 0.3 is 0 Å². The summed E-state index contributed by atoms with van der Waals surface area (Å²) in [7, 11) is 0. The summed E-state index contributed by atoms with van der Waals surface area (Å²) in [6.45, 7) is 2.08. The first-order valence-corrected chi connectivity index (χ1v) is 10.7. The zero-order chi connectivity index (χ0) is 22.7. The Hall–Kier alpha value is -3.55. The van der Waals surface area contributed by atoms with E-state index in [9.17, 15) is 23.6 Å². The molecule has 2 aliphatic heterocycles. The lowest BCUT2D eigenvalue weighted by atomic mass is 10.1. The van der Waals surface area contributed by atoms with E-state index in [4.69, 9.17) is 0 Å². The minimum atomic E-state index is -0.393. The Morgan fingerprint density at radius 2 is 1.41 bits per heavy atom. The lowest BCUT2D eigenvalue weighted by Gasteiger charge is -2.22. The van der Waals surface area contributed by atoms with E-state index < -0.39 is 5.82 Å². The minimum Gasteiger partial charge on any atom is -0.341 e. The number of hydrogen-bond donors (Lipinski definition) is 0. The average Bonchev–Trinajstić information content (AvgIpc) is 2.96. The first kappa shape index (κ1) is 21.7. The van der Waals surface area contributed by atoms with Crippen molar-refractivity contribution in [2.24, 2.45) is 0 Å². The Balaban J connectivity index is 1.27. The standard InChI is InChI=1S/C24H24FN3O4/c25-18-10-8-17(9-11-18)22(30)27-13-4-12-26(15-16-27)21(29)7-3-14-28-23(31)19-5-1-2-6-20(19)24(28)32/h1-2,5-6,8-11H,3-4,7,12-16H2. The fourth-order valence-corrected chi connectivity index (χ4v) is 4.13. The first-order valence-electron chi connectivity index (χ1n) is 10.7. The van der Waals surface area contributed by atoms with Gasteiger partial charge in [-0.15, -0.1) is 0 Å². The highest BCUT2D eigenvalue weighted by Gasteiger charge is 2.34. The normalized spacial score (nSPS) is 16.2. The van der Waals surface area contributed by atoms with E-state index in [0.717, 1.165) is 0 Å². The molecule has 0 aliphatic carbocycles. The fraction of sp³-hybridized carbons (Fsp3) is 0.333. The van der Waals surface area contributed by atoms with Gasteiger partial charge in [-0.1, -0.05) is 12.1 Å². The van der Waals surface area contributed by atoms with Crippen LogP contribution in [0.1, 0.15) is 50.3 Å². The van der Waals surface area contributed by atoms with Gasteiger partial charge in [-0.05, 0) is 49.2 Å². The van der Waals surface area contributed by atoms with Crippen molar-refractivity contribution in [3.05, 3.63) is 71.0 Å². The molecule has 0 saturated carbocycles. The van der Waals surface area contributed by atoms with Crippen LogP contribution in [0, 0.1) is 5.82 Å². The van der Waals surface area contributed by atoms with Crippen molar-refractivity contribution in [3.8, 4) is 0 Å². The van der Waals surface area contributed by atoms with Crippen LogP contribution in [-0.4, -0.2) is 71.1 Å². The molecule has 2 aromatic carbocycles. The molecule has 0 radical (unpaired) electrons. The monoisotopic (exact) mass is 437 g/mol. The fourth-order valence-electron chi connectivity index (χ4n) is 4.13. The molecule has 32 heavy (non-hydrogen) atoms. The topological polar surface area (TPSA) is 78.0 Å². The van der Waals surface area contributed by atoms with Gasteiger partial charge in [-0.3, -0.25) is 24.1 Å². The van der Waals surface area contributed by atoms with Gasteiger partial charge in [-0.2, -0.15) is 0 Å². The number of hydrogen-bond acceptors (Lipinski definition) is 4. The summed E-state index contributed by atoms with van der Waals surface area (Å²) in [6.07, 6.45) is 1.26. The average molecular weight is 437 g/mol. The highest BCUT2D eigenvalue weighted by Crippen LogP contribution is 2.22. The maximum absolute atomic E-state index is 13.1. The molecule has 4 rings (SSSR count). The molecule has 0 unspecified atom stereocenters. The third kappa shape index (κ3) is 4.39. The minimum absolute atomic E-state index is 0.0577. The number of imide groups is 1. The molecule has 1 fully saturated rings. The molecular formula is C24H24FN3O4. The molecule has 0 spiro atoms. The summed E-state index contributed by atoms with van der Waals surface area (Å²) in [4.78, 5) is 54.8. The zero-order valence-electron chi connectivity index (χ0n) is 17.6. The Morgan fingerprint density at radius 3 is 2.06 bits per heavy atom. The van der Waals surface area contributed by atoms with Crippen molar-refractivity contribution in [1.29, 1.82) is 0 Å². The summed E-state index contributed by atoms with van der Waals surface area (Å²) in [6, 6.07) is 12.2. The third-order valence-corrected chi connectivity index (χ3v) is 5.88. The molecule has 4 amide bonds. The van der Waals surface area contributed by atoms with Gasteiger partial charge in [0.05, 0.1) is 11.1 Å². The number of nitrogens with zero attached hydrogens (tertiary/aromatic N) is 3. The van der Waals surface area contributed by atoms with E-state index in [0.29, 0.717) is 55.7 Å². The van der Waals surface area contributed by atoms with Crippen molar-refractivity contribution in [2.45, 2.75) is 19.3 Å². The van der Waals surface area contributed by atoms with Crippen molar-refractivity contribution >= 4 is 23.6 Å². The summed E-state index contributed by atoms with van der Waals surface area (Å²) < 4.78 is 13.1. The Bertz CT molecular complexity index is 1020. The first-order chi connectivity index (χ1) is 15.5. The van der Waals surface area contributed by atoms with Crippen molar-refractivity contribution in [1.82, 2.24) is 14.7 Å². The molecule has 166 valence electrons. The molecule has 7 nitrogen and oxygen atoms in total. The number of carbonyl (C=O) groups excluding carboxylic acids is 4. The van der Waals surface area contributed by atoms with E-state index in [-0.39, 0.29) is 36.6 Å². The Kier molecular flexibility index (Phi) is 6.30. The van der Waals surface area contributed by atoms with Gasteiger partial charge < -0.3 is 9.80 Å². The lowest BCUT2D eigenvalue weighted by Crippen LogP contribution is -2.37. The van der Waals surface area contributed by atoms with Gasteiger partial charge in [0.1, 0.15) is 5.82 Å². The second-order valence-corrected chi connectivity index (χ2v) is 7.94. The van der Waals surface area contributed by atoms with Crippen LogP contribution in [0.2, 0.25) is 0 Å². The van der Waals surface area contributed by atoms with E-state index in [1.807, 2.05) is 0 Å². The van der Waals surface area contributed by atoms with Gasteiger partial charge in [-0.25, -0.2) is 4.39 Å². The van der Waals surface area contributed by atoms with Crippen LogP contribution in [0.25, 0.3) is 0 Å². The lowest BCUT2D eigenvalue weighted by molar-refractivity contribution is -0.131. The molecule has 0 atom stereocenters. The summed E-state index contributed by atoms with van der Waals surface area (Å²) >= 11 is 0. The summed E-state index contributed by atoms with van der Waals surface area (Å²) in [5, 5.41) is 0. The highest BCUT2D eigenvalue weighted by atomic mass is 19.1. The second-order valence-electron chi connectivity index (χ2n) is 7.94. The predicted octanol–water partition coefficient (Wildman–Crippen LogP) is 2.58. The van der Waals surface area contributed by atoms with Crippen LogP contribution in [0.15, 0.2) is 48.5 Å². The molecule has 2 aromatic rings. The molecule has 8 heteroatoms. The summed E-state index contributed by atoms with van der Waals surface area (Å²) in [5.41, 5.74) is 1.23. The van der Waals surface area contributed by atoms with E-state index in [1.54, 1.807) is 34.1 Å². The van der Waals surface area contributed by atoms with Crippen molar-refractivity contribution < 1.29 is 23.6 Å². The maximum atomic E-state index is 13.1. The molecule has 0 N–H and O–H groups in total. The van der Waals surface area contributed by atoms with Crippen molar-refractivity contribution in [2.75, 3.05) is 32.7 Å². The molecular weight excluding hydrogens is 413 g/mol. The SMILES string of the molecule is O=C(CCCN1C(=O)c2ccccc2C1=O)N1CCCN(C(=O)c2ccc(F)cc2)CC1. The van der Waals surface area contributed by atoms with Gasteiger partial charge in [0, 0.05) is 44.7 Å². The second kappa shape index (κ2) is 9.30. The van der Waals surface area contributed by atoms with Crippen LogP contribution in [0.5, 0.6) is 0 Å². The number of amides is 4. The number of halogens is 1. The van der Waals surface area contributed by atoms with Crippen LogP contribution >= 0.6 is 0 Å². The van der Waals surface area contributed by atoms with E-state index in [2.05, 4.69) is 0 Å². The maximum Gasteiger partial charge on any atom is 0.261 e. The van der Waals surface area contributed by atoms with E-state index in [1.165, 1.54) is 29.2 Å². The molecule has 0 aromatic heterocycles. The van der Waals surface area contributed by atoms with Crippen LogP contribution in [0.4, 0.5) is 4.39 Å². The van der Waals surface area contributed by atoms with Crippen LogP contribution in [-0.2, 0) is 4.79 Å². The van der Waals surface area contributed by atoms with E-state index >= 15 is 0 Å². The van der Waals surface area contributed by atoms with Crippen LogP contribution < -0.4 is 0 Å². The number of carbonyl (C=O) groups is 4. The number of benzene rings is 2. The predicted molar refractivity (Wildman–Crippen MR) is 115 cm³/mol.